The summed E-state index contributed by atoms with van der Waals surface area (Å²) < 4.78 is 7.44. The quantitative estimate of drug-likeness (QED) is 0.141. The second kappa shape index (κ2) is 11.2. The summed E-state index contributed by atoms with van der Waals surface area (Å²) in [7, 11) is 0. The number of thioether (sulfide) groups is 1. The van der Waals surface area contributed by atoms with Gasteiger partial charge in [-0.1, -0.05) is 42.1 Å². The van der Waals surface area contributed by atoms with Crippen LogP contribution in [0.1, 0.15) is 12.5 Å². The number of rotatable bonds is 9. The number of phenolic OH excluding ortho intramolecular Hbond substituents is 2. The van der Waals surface area contributed by atoms with E-state index < -0.39 is 0 Å². The lowest BCUT2D eigenvalue weighted by Crippen LogP contribution is -2.20. The number of phenols is 2. The van der Waals surface area contributed by atoms with E-state index in [4.69, 9.17) is 4.74 Å². The molecule has 3 aromatic carbocycles. The van der Waals surface area contributed by atoms with Gasteiger partial charge in [0.25, 0.3) is 5.91 Å². The third-order valence-electron chi connectivity index (χ3n) is 4.81. The van der Waals surface area contributed by atoms with Gasteiger partial charge >= 0.3 is 0 Å². The molecule has 1 heterocycles. The van der Waals surface area contributed by atoms with E-state index in [1.165, 1.54) is 30.1 Å². The lowest BCUT2D eigenvalue weighted by Gasteiger charge is -2.11. The highest BCUT2D eigenvalue weighted by Gasteiger charge is 2.17. The first-order chi connectivity index (χ1) is 17.0. The molecule has 35 heavy (non-hydrogen) atoms. The van der Waals surface area contributed by atoms with Crippen LogP contribution in [0.3, 0.4) is 0 Å². The number of carbonyl (C=O) groups excluding carboxylic acids is 1. The molecule has 1 aromatic heterocycles. The summed E-state index contributed by atoms with van der Waals surface area (Å²) in [6.45, 7) is 2.51. The smallest absolute Gasteiger partial charge is 0.250 e. The van der Waals surface area contributed by atoms with Crippen LogP contribution in [0, 0.1) is 0 Å². The molecule has 0 unspecified atom stereocenters. The van der Waals surface area contributed by atoms with Crippen LogP contribution in [0.25, 0.3) is 17.1 Å². The Balaban J connectivity index is 1.50. The standard InChI is InChI=1S/C25H23N5O4S/c1-2-34-20-11-9-19(10-12-20)30-24(18-6-4-3-5-7-18)28-29-25(30)35-16-23(33)27-26-15-17-8-13-21(31)22(32)14-17/h3-15,31-32H,2,16H2,1H3,(H,27,33)/b26-15+. The second-order valence-electron chi connectivity index (χ2n) is 7.26. The Kier molecular flexibility index (Phi) is 7.63. The Bertz CT molecular complexity index is 1320. The number of hydrogen-bond acceptors (Lipinski definition) is 8. The molecule has 0 radical (unpaired) electrons. The van der Waals surface area contributed by atoms with Gasteiger partial charge in [-0.25, -0.2) is 5.43 Å². The third-order valence-corrected chi connectivity index (χ3v) is 5.73. The maximum absolute atomic E-state index is 12.4. The number of nitrogens with one attached hydrogen (secondary N) is 1. The maximum atomic E-state index is 12.4. The fourth-order valence-corrected chi connectivity index (χ4v) is 3.93. The normalized spacial score (nSPS) is 11.0. The van der Waals surface area contributed by atoms with Crippen LogP contribution in [0.5, 0.6) is 17.2 Å². The van der Waals surface area contributed by atoms with Gasteiger partial charge < -0.3 is 14.9 Å². The average Bonchev–Trinajstić information content (AvgIpc) is 3.30. The van der Waals surface area contributed by atoms with Gasteiger partial charge in [0.05, 0.1) is 18.6 Å². The fraction of sp³-hybridized carbons (Fsp3) is 0.120. The largest absolute Gasteiger partial charge is 0.504 e. The first kappa shape index (κ1) is 23.8. The van der Waals surface area contributed by atoms with Crippen molar-refractivity contribution in [1.29, 1.82) is 0 Å². The van der Waals surface area contributed by atoms with E-state index in [1.54, 1.807) is 6.07 Å². The first-order valence-corrected chi connectivity index (χ1v) is 11.7. The fourth-order valence-electron chi connectivity index (χ4n) is 3.19. The van der Waals surface area contributed by atoms with Crippen molar-refractivity contribution in [3.8, 4) is 34.3 Å². The van der Waals surface area contributed by atoms with E-state index in [9.17, 15) is 15.0 Å². The van der Waals surface area contributed by atoms with Crippen LogP contribution >= 0.6 is 11.8 Å². The minimum Gasteiger partial charge on any atom is -0.504 e. The minimum atomic E-state index is -0.336. The number of ether oxygens (including phenoxy) is 1. The van der Waals surface area contributed by atoms with Gasteiger partial charge in [0.1, 0.15) is 5.75 Å². The van der Waals surface area contributed by atoms with Gasteiger partial charge in [-0.2, -0.15) is 5.10 Å². The van der Waals surface area contributed by atoms with Crippen LogP contribution in [0.15, 0.2) is 83.1 Å². The number of hydrazone groups is 1. The third kappa shape index (κ3) is 5.98. The maximum Gasteiger partial charge on any atom is 0.250 e. The van der Waals surface area contributed by atoms with Crippen molar-refractivity contribution in [1.82, 2.24) is 20.2 Å². The predicted molar refractivity (Wildman–Crippen MR) is 134 cm³/mol. The van der Waals surface area contributed by atoms with Crippen LogP contribution in [-0.4, -0.2) is 49.5 Å². The summed E-state index contributed by atoms with van der Waals surface area (Å²) in [5.74, 6) is 0.647. The summed E-state index contributed by atoms with van der Waals surface area (Å²) in [6, 6.07) is 21.5. The Morgan fingerprint density at radius 3 is 2.54 bits per heavy atom. The Labute approximate surface area is 206 Å². The highest BCUT2D eigenvalue weighted by Crippen LogP contribution is 2.29. The summed E-state index contributed by atoms with van der Waals surface area (Å²) in [5.41, 5.74) is 4.70. The summed E-state index contributed by atoms with van der Waals surface area (Å²) in [4.78, 5) is 12.4. The van der Waals surface area contributed by atoms with E-state index in [1.807, 2.05) is 66.1 Å². The van der Waals surface area contributed by atoms with Crippen LogP contribution < -0.4 is 10.2 Å². The van der Waals surface area contributed by atoms with Crippen molar-refractivity contribution in [2.45, 2.75) is 12.1 Å². The molecule has 0 aliphatic carbocycles. The summed E-state index contributed by atoms with van der Waals surface area (Å²) in [5, 5.41) is 32.0. The molecule has 0 saturated heterocycles. The summed E-state index contributed by atoms with van der Waals surface area (Å²) in [6.07, 6.45) is 1.37. The van der Waals surface area contributed by atoms with E-state index in [0.29, 0.717) is 23.2 Å². The molecule has 4 rings (SSSR count). The zero-order chi connectivity index (χ0) is 24.6. The van der Waals surface area contributed by atoms with Crippen molar-refractivity contribution in [2.75, 3.05) is 12.4 Å². The number of hydrogen-bond donors (Lipinski definition) is 3. The molecule has 0 aliphatic heterocycles. The zero-order valence-corrected chi connectivity index (χ0v) is 19.6. The predicted octanol–water partition coefficient (Wildman–Crippen LogP) is 3.99. The van der Waals surface area contributed by atoms with Crippen LogP contribution in [-0.2, 0) is 4.79 Å². The first-order valence-electron chi connectivity index (χ1n) is 10.8. The number of carbonyl (C=O) groups is 1. The molecule has 0 saturated carbocycles. The Morgan fingerprint density at radius 2 is 1.83 bits per heavy atom. The number of benzene rings is 3. The molecule has 4 aromatic rings. The number of aromatic nitrogens is 3. The van der Waals surface area contributed by atoms with E-state index in [0.717, 1.165) is 17.0 Å². The summed E-state index contributed by atoms with van der Waals surface area (Å²) >= 11 is 1.23. The molecular formula is C25H23N5O4S. The van der Waals surface area contributed by atoms with Crippen molar-refractivity contribution >= 4 is 23.9 Å². The molecule has 3 N–H and O–H groups in total. The molecule has 0 spiro atoms. The lowest BCUT2D eigenvalue weighted by molar-refractivity contribution is -0.118. The van der Waals surface area contributed by atoms with Gasteiger partial charge in [0.2, 0.25) is 0 Å². The highest BCUT2D eigenvalue weighted by molar-refractivity contribution is 7.99. The van der Waals surface area contributed by atoms with Gasteiger partial charge in [-0.05, 0) is 55.0 Å². The van der Waals surface area contributed by atoms with Gasteiger partial charge in [0, 0.05) is 11.3 Å². The monoisotopic (exact) mass is 489 g/mol. The molecule has 1 amide bonds. The van der Waals surface area contributed by atoms with Crippen molar-refractivity contribution < 1.29 is 19.7 Å². The lowest BCUT2D eigenvalue weighted by atomic mass is 10.2. The van der Waals surface area contributed by atoms with Gasteiger partial charge in [0.15, 0.2) is 22.5 Å². The molecule has 0 aliphatic rings. The number of amides is 1. The van der Waals surface area contributed by atoms with Crippen LogP contribution in [0.2, 0.25) is 0 Å². The zero-order valence-electron chi connectivity index (χ0n) is 18.8. The van der Waals surface area contributed by atoms with E-state index in [-0.39, 0.29) is 23.2 Å². The second-order valence-corrected chi connectivity index (χ2v) is 8.21. The molecule has 10 heteroatoms. The topological polar surface area (TPSA) is 122 Å². The molecule has 0 bridgehead atoms. The van der Waals surface area contributed by atoms with Crippen LogP contribution in [0.4, 0.5) is 0 Å². The number of aromatic hydroxyl groups is 2. The van der Waals surface area contributed by atoms with Crippen molar-refractivity contribution in [2.24, 2.45) is 5.10 Å². The SMILES string of the molecule is CCOc1ccc(-n2c(SCC(=O)N/N=C/c3ccc(O)c(O)c3)nnc2-c2ccccc2)cc1. The number of nitrogens with zero attached hydrogens (tertiary/aromatic N) is 4. The van der Waals surface area contributed by atoms with E-state index in [2.05, 4.69) is 20.7 Å². The van der Waals surface area contributed by atoms with Gasteiger partial charge in [-0.3, -0.25) is 9.36 Å². The molecule has 0 atom stereocenters. The van der Waals surface area contributed by atoms with E-state index >= 15 is 0 Å². The average molecular weight is 490 g/mol. The Hall–Kier alpha value is -4.31. The van der Waals surface area contributed by atoms with Gasteiger partial charge in [-0.15, -0.1) is 10.2 Å². The molecule has 9 nitrogen and oxygen atoms in total. The highest BCUT2D eigenvalue weighted by atomic mass is 32.2. The minimum absolute atomic E-state index is 0.0577. The Morgan fingerprint density at radius 1 is 1.06 bits per heavy atom. The molecule has 0 fully saturated rings. The van der Waals surface area contributed by atoms with Crippen molar-refractivity contribution in [3.05, 3.63) is 78.4 Å². The molecule has 178 valence electrons. The molecular weight excluding hydrogens is 466 g/mol. The van der Waals surface area contributed by atoms with Crippen molar-refractivity contribution in [3.63, 3.8) is 0 Å².